The lowest BCUT2D eigenvalue weighted by atomic mass is 10.1. The summed E-state index contributed by atoms with van der Waals surface area (Å²) in [6.07, 6.45) is 5.10. The molecule has 4 nitrogen and oxygen atoms in total. The fourth-order valence-electron chi connectivity index (χ4n) is 2.14. The maximum absolute atomic E-state index is 12.2. The van der Waals surface area contributed by atoms with Crippen LogP contribution in [-0.4, -0.2) is 20.8 Å². The normalized spacial score (nSPS) is 11.0. The van der Waals surface area contributed by atoms with Gasteiger partial charge in [-0.3, -0.25) is 4.79 Å². The third-order valence-corrected chi connectivity index (χ3v) is 3.34. The molecule has 0 unspecified atom stereocenters. The van der Waals surface area contributed by atoms with E-state index in [1.165, 1.54) is 0 Å². The molecule has 1 heterocycles. The SMILES string of the molecule is Cc1cnnn1-c1ccc(C(=O)/C=C/c2ccccc2)cc1. The maximum Gasteiger partial charge on any atom is 0.185 e. The summed E-state index contributed by atoms with van der Waals surface area (Å²) in [4.78, 5) is 12.2. The Bertz CT molecular complexity index is 802. The molecule has 0 atom stereocenters. The molecule has 0 radical (unpaired) electrons. The van der Waals surface area contributed by atoms with Gasteiger partial charge in [0.1, 0.15) is 0 Å². The van der Waals surface area contributed by atoms with Crippen molar-refractivity contribution in [1.82, 2.24) is 15.0 Å². The number of aromatic nitrogens is 3. The summed E-state index contributed by atoms with van der Waals surface area (Å²) in [7, 11) is 0. The first-order valence-electron chi connectivity index (χ1n) is 6.99. The number of ketones is 1. The maximum atomic E-state index is 12.2. The lowest BCUT2D eigenvalue weighted by molar-refractivity contribution is 0.104. The van der Waals surface area contributed by atoms with Crippen molar-refractivity contribution in [3.8, 4) is 5.69 Å². The molecule has 0 saturated carbocycles. The highest BCUT2D eigenvalue weighted by atomic mass is 16.1. The number of hydrogen-bond acceptors (Lipinski definition) is 3. The van der Waals surface area contributed by atoms with Gasteiger partial charge in [0, 0.05) is 5.56 Å². The quantitative estimate of drug-likeness (QED) is 0.546. The Hall–Kier alpha value is -3.01. The second-order valence-electron chi connectivity index (χ2n) is 4.94. The first-order valence-corrected chi connectivity index (χ1v) is 6.99. The van der Waals surface area contributed by atoms with Gasteiger partial charge >= 0.3 is 0 Å². The Kier molecular flexibility index (Phi) is 3.92. The lowest BCUT2D eigenvalue weighted by Gasteiger charge is -2.03. The average molecular weight is 289 g/mol. The summed E-state index contributed by atoms with van der Waals surface area (Å²) < 4.78 is 1.73. The van der Waals surface area contributed by atoms with E-state index in [2.05, 4.69) is 10.3 Å². The minimum absolute atomic E-state index is 0.0225. The van der Waals surface area contributed by atoms with Crippen molar-refractivity contribution in [3.05, 3.63) is 83.7 Å². The molecule has 0 fully saturated rings. The van der Waals surface area contributed by atoms with Gasteiger partial charge in [-0.2, -0.15) is 0 Å². The number of benzene rings is 2. The number of nitrogens with zero attached hydrogens (tertiary/aromatic N) is 3. The van der Waals surface area contributed by atoms with Gasteiger partial charge in [-0.15, -0.1) is 5.10 Å². The van der Waals surface area contributed by atoms with Crippen LogP contribution in [0.15, 0.2) is 66.9 Å². The van der Waals surface area contributed by atoms with E-state index in [0.717, 1.165) is 16.9 Å². The number of allylic oxidation sites excluding steroid dienone is 1. The van der Waals surface area contributed by atoms with Crippen LogP contribution in [0, 0.1) is 6.92 Å². The van der Waals surface area contributed by atoms with Crippen LogP contribution >= 0.6 is 0 Å². The number of carbonyl (C=O) groups is 1. The molecule has 0 amide bonds. The van der Waals surface area contributed by atoms with Crippen molar-refractivity contribution in [3.63, 3.8) is 0 Å². The fourth-order valence-corrected chi connectivity index (χ4v) is 2.14. The van der Waals surface area contributed by atoms with E-state index in [4.69, 9.17) is 0 Å². The first-order chi connectivity index (χ1) is 10.7. The molecule has 2 aromatic carbocycles. The summed E-state index contributed by atoms with van der Waals surface area (Å²) >= 11 is 0. The highest BCUT2D eigenvalue weighted by molar-refractivity contribution is 6.06. The summed E-state index contributed by atoms with van der Waals surface area (Å²) in [6.45, 7) is 1.93. The molecule has 108 valence electrons. The van der Waals surface area contributed by atoms with Crippen LogP contribution in [-0.2, 0) is 0 Å². The van der Waals surface area contributed by atoms with Gasteiger partial charge in [-0.05, 0) is 42.8 Å². The number of rotatable bonds is 4. The standard InChI is InChI=1S/C18H15N3O/c1-14-13-19-20-21(14)17-10-8-16(9-11-17)18(22)12-7-15-5-3-2-4-6-15/h2-13H,1H3/b12-7+. The second kappa shape index (κ2) is 6.18. The smallest absolute Gasteiger partial charge is 0.185 e. The largest absolute Gasteiger partial charge is 0.289 e. The van der Waals surface area contributed by atoms with E-state index >= 15 is 0 Å². The zero-order valence-corrected chi connectivity index (χ0v) is 12.2. The van der Waals surface area contributed by atoms with Crippen molar-refractivity contribution >= 4 is 11.9 Å². The van der Waals surface area contributed by atoms with E-state index in [1.54, 1.807) is 29.1 Å². The molecule has 0 bridgehead atoms. The zero-order valence-electron chi connectivity index (χ0n) is 12.2. The molecule has 3 rings (SSSR count). The van der Waals surface area contributed by atoms with Gasteiger partial charge < -0.3 is 0 Å². The van der Waals surface area contributed by atoms with Crippen LogP contribution in [0.2, 0.25) is 0 Å². The molecule has 0 N–H and O–H groups in total. The molecule has 4 heteroatoms. The minimum Gasteiger partial charge on any atom is -0.289 e. The van der Waals surface area contributed by atoms with E-state index in [1.807, 2.05) is 55.5 Å². The summed E-state index contributed by atoms with van der Waals surface area (Å²) in [5.41, 5.74) is 3.49. The fraction of sp³-hybridized carbons (Fsp3) is 0.0556. The van der Waals surface area contributed by atoms with Gasteiger partial charge in [0.05, 0.1) is 17.6 Å². The van der Waals surface area contributed by atoms with E-state index in [-0.39, 0.29) is 5.78 Å². The third kappa shape index (κ3) is 3.01. The van der Waals surface area contributed by atoms with Gasteiger partial charge in [0.25, 0.3) is 0 Å². The van der Waals surface area contributed by atoms with Crippen molar-refractivity contribution in [2.45, 2.75) is 6.92 Å². The Balaban J connectivity index is 1.77. The minimum atomic E-state index is -0.0225. The van der Waals surface area contributed by atoms with Crippen LogP contribution in [0.1, 0.15) is 21.6 Å². The summed E-state index contributed by atoms with van der Waals surface area (Å²) in [5.74, 6) is -0.0225. The number of carbonyl (C=O) groups excluding carboxylic acids is 1. The number of hydrogen-bond donors (Lipinski definition) is 0. The van der Waals surface area contributed by atoms with Crippen LogP contribution < -0.4 is 0 Å². The van der Waals surface area contributed by atoms with Crippen LogP contribution in [0.25, 0.3) is 11.8 Å². The van der Waals surface area contributed by atoms with Gasteiger partial charge in [-0.1, -0.05) is 41.6 Å². The summed E-state index contributed by atoms with van der Waals surface area (Å²) in [5, 5.41) is 7.86. The van der Waals surface area contributed by atoms with Crippen molar-refractivity contribution < 1.29 is 4.79 Å². The topological polar surface area (TPSA) is 47.8 Å². The highest BCUT2D eigenvalue weighted by Crippen LogP contribution is 2.12. The average Bonchev–Trinajstić information content (AvgIpc) is 3.00. The molecule has 22 heavy (non-hydrogen) atoms. The molecule has 3 aromatic rings. The van der Waals surface area contributed by atoms with Crippen molar-refractivity contribution in [2.75, 3.05) is 0 Å². The Labute approximate surface area is 128 Å². The van der Waals surface area contributed by atoms with Crippen molar-refractivity contribution in [1.29, 1.82) is 0 Å². The monoisotopic (exact) mass is 289 g/mol. The van der Waals surface area contributed by atoms with Gasteiger partial charge in [0.2, 0.25) is 0 Å². The molecular formula is C18H15N3O. The Morgan fingerprint density at radius 3 is 2.41 bits per heavy atom. The van der Waals surface area contributed by atoms with Gasteiger partial charge in [0.15, 0.2) is 5.78 Å². The second-order valence-corrected chi connectivity index (χ2v) is 4.94. The van der Waals surface area contributed by atoms with Crippen LogP contribution in [0.3, 0.4) is 0 Å². The number of aryl methyl sites for hydroxylation is 1. The lowest BCUT2D eigenvalue weighted by Crippen LogP contribution is -2.00. The molecule has 0 aliphatic carbocycles. The summed E-state index contributed by atoms with van der Waals surface area (Å²) in [6, 6.07) is 17.1. The molecule has 0 saturated heterocycles. The van der Waals surface area contributed by atoms with E-state index in [0.29, 0.717) is 5.56 Å². The van der Waals surface area contributed by atoms with Crippen LogP contribution in [0.4, 0.5) is 0 Å². The predicted molar refractivity (Wildman–Crippen MR) is 85.9 cm³/mol. The molecule has 1 aromatic heterocycles. The molecular weight excluding hydrogens is 274 g/mol. The molecule has 0 aliphatic rings. The molecule has 0 spiro atoms. The Morgan fingerprint density at radius 2 is 1.77 bits per heavy atom. The van der Waals surface area contributed by atoms with Crippen molar-refractivity contribution in [2.24, 2.45) is 0 Å². The zero-order chi connectivity index (χ0) is 15.4. The predicted octanol–water partition coefficient (Wildman–Crippen LogP) is 3.47. The molecule has 0 aliphatic heterocycles. The third-order valence-electron chi connectivity index (χ3n) is 3.34. The van der Waals surface area contributed by atoms with E-state index < -0.39 is 0 Å². The van der Waals surface area contributed by atoms with Gasteiger partial charge in [-0.25, -0.2) is 4.68 Å². The highest BCUT2D eigenvalue weighted by Gasteiger charge is 2.05. The van der Waals surface area contributed by atoms with Crippen LogP contribution in [0.5, 0.6) is 0 Å². The Morgan fingerprint density at radius 1 is 1.05 bits per heavy atom. The van der Waals surface area contributed by atoms with E-state index in [9.17, 15) is 4.79 Å². The first kappa shape index (κ1) is 13.9.